The van der Waals surface area contributed by atoms with Crippen LogP contribution in [-0.2, 0) is 6.54 Å². The third-order valence-electron chi connectivity index (χ3n) is 2.77. The Morgan fingerprint density at radius 1 is 1.40 bits per heavy atom. The molecule has 0 bridgehead atoms. The highest BCUT2D eigenvalue weighted by atomic mass is 15.6. The maximum atomic E-state index is 4.31. The number of aromatic nitrogens is 2. The molecule has 5 heteroatoms. The van der Waals surface area contributed by atoms with Gasteiger partial charge in [-0.05, 0) is 27.9 Å². The second-order valence-electron chi connectivity index (χ2n) is 4.52. The minimum absolute atomic E-state index is 0.393. The van der Waals surface area contributed by atoms with Crippen LogP contribution in [0.5, 0.6) is 0 Å². The lowest BCUT2D eigenvalue weighted by atomic mass is 10.1. The minimum atomic E-state index is 0.393. The molecule has 2 heterocycles. The Morgan fingerprint density at radius 2 is 2.13 bits per heavy atom. The molecule has 0 aromatic carbocycles. The van der Waals surface area contributed by atoms with Gasteiger partial charge in [-0.3, -0.25) is 0 Å². The van der Waals surface area contributed by atoms with E-state index in [1.54, 1.807) is 0 Å². The molecule has 2 N–H and O–H groups in total. The Kier molecular flexibility index (Phi) is 2.56. The topological polar surface area (TPSA) is 45.1 Å². The van der Waals surface area contributed by atoms with E-state index >= 15 is 0 Å². The van der Waals surface area contributed by atoms with Gasteiger partial charge in [-0.1, -0.05) is 0 Å². The predicted molar refractivity (Wildman–Crippen MR) is 61.5 cm³/mol. The molecule has 1 aromatic rings. The summed E-state index contributed by atoms with van der Waals surface area (Å²) in [5.41, 5.74) is 4.56. The Balaban J connectivity index is 2.23. The summed E-state index contributed by atoms with van der Waals surface area (Å²) in [4.78, 5) is 3.98. The number of anilines is 1. The van der Waals surface area contributed by atoms with Crippen molar-refractivity contribution in [1.82, 2.24) is 14.8 Å². The first kappa shape index (κ1) is 10.3. The molecule has 0 fully saturated rings. The van der Waals surface area contributed by atoms with Crippen LogP contribution in [0.2, 0.25) is 0 Å². The summed E-state index contributed by atoms with van der Waals surface area (Å²) in [5, 5.41) is 7.79. The predicted octanol–water partition coefficient (Wildman–Crippen LogP) is 0.691. The van der Waals surface area contributed by atoms with Crippen molar-refractivity contribution in [3.63, 3.8) is 0 Å². The van der Waals surface area contributed by atoms with E-state index in [2.05, 4.69) is 48.7 Å². The maximum absolute atomic E-state index is 4.31. The zero-order valence-electron chi connectivity index (χ0n) is 9.78. The van der Waals surface area contributed by atoms with E-state index in [1.807, 2.05) is 11.0 Å². The Bertz CT molecular complexity index is 344. The van der Waals surface area contributed by atoms with E-state index in [0.29, 0.717) is 12.1 Å². The summed E-state index contributed by atoms with van der Waals surface area (Å²) < 4.78 is 0. The molecule has 1 aromatic heterocycles. The lowest BCUT2D eigenvalue weighted by Gasteiger charge is -2.31. The third-order valence-corrected chi connectivity index (χ3v) is 2.77. The number of rotatable bonds is 2. The van der Waals surface area contributed by atoms with Gasteiger partial charge in [0.15, 0.2) is 5.82 Å². The van der Waals surface area contributed by atoms with Crippen LogP contribution in [0, 0.1) is 0 Å². The van der Waals surface area contributed by atoms with Crippen molar-refractivity contribution >= 4 is 5.82 Å². The van der Waals surface area contributed by atoms with Crippen LogP contribution in [0.4, 0.5) is 5.82 Å². The number of hydrogen-bond donors (Lipinski definition) is 2. The van der Waals surface area contributed by atoms with E-state index in [9.17, 15) is 0 Å². The third kappa shape index (κ3) is 1.92. The van der Waals surface area contributed by atoms with Gasteiger partial charge in [-0.15, -0.1) is 0 Å². The summed E-state index contributed by atoms with van der Waals surface area (Å²) in [6.07, 6.45) is 1.92. The van der Waals surface area contributed by atoms with Crippen molar-refractivity contribution in [3.8, 4) is 0 Å². The van der Waals surface area contributed by atoms with E-state index in [1.165, 1.54) is 5.56 Å². The van der Waals surface area contributed by atoms with Crippen LogP contribution in [0.1, 0.15) is 19.4 Å². The quantitative estimate of drug-likeness (QED) is 0.752. The molecule has 2 unspecified atom stereocenters. The maximum Gasteiger partial charge on any atom is 0.152 e. The van der Waals surface area contributed by atoms with Gasteiger partial charge in [-0.2, -0.15) is 9.89 Å². The average molecular weight is 209 g/mol. The lowest BCUT2D eigenvalue weighted by molar-refractivity contribution is 0.402. The Hall–Kier alpha value is -1.23. The zero-order chi connectivity index (χ0) is 11.0. The van der Waals surface area contributed by atoms with Gasteiger partial charge in [0.05, 0.1) is 12.2 Å². The Labute approximate surface area is 90.4 Å². The monoisotopic (exact) mass is 209 g/mol. The van der Waals surface area contributed by atoms with Crippen molar-refractivity contribution in [3.05, 3.63) is 11.8 Å². The first-order chi connectivity index (χ1) is 7.08. The molecule has 0 amide bonds. The normalized spacial score (nSPS) is 24.6. The lowest BCUT2D eigenvalue weighted by Crippen LogP contribution is -2.45. The van der Waals surface area contributed by atoms with Crippen molar-refractivity contribution in [2.75, 3.05) is 24.8 Å². The molecule has 0 aliphatic carbocycles. The summed E-state index contributed by atoms with van der Waals surface area (Å²) >= 11 is 0. The standard InChI is InChI=1S/C10H19N5/c1-7-8(2)13-15-10(12-7)9(5-11-15)6-14(3)4/h5,7-8,12-13H,6H2,1-4H3. The van der Waals surface area contributed by atoms with Gasteiger partial charge < -0.3 is 15.6 Å². The molecule has 0 saturated carbocycles. The van der Waals surface area contributed by atoms with Crippen LogP contribution in [-0.4, -0.2) is 41.0 Å². The van der Waals surface area contributed by atoms with Gasteiger partial charge in [0.25, 0.3) is 0 Å². The molecule has 2 atom stereocenters. The van der Waals surface area contributed by atoms with Gasteiger partial charge in [0.1, 0.15) is 0 Å². The van der Waals surface area contributed by atoms with Crippen LogP contribution in [0.25, 0.3) is 0 Å². The molecule has 5 nitrogen and oxygen atoms in total. The summed E-state index contributed by atoms with van der Waals surface area (Å²) in [5.74, 6) is 1.09. The molecule has 1 aliphatic rings. The molecular formula is C10H19N5. The molecule has 0 spiro atoms. The smallest absolute Gasteiger partial charge is 0.152 e. The SMILES string of the molecule is CC1Nc2c(CN(C)C)cnn2NC1C. The Morgan fingerprint density at radius 3 is 2.80 bits per heavy atom. The number of fused-ring (bicyclic) bond motifs is 1. The molecule has 2 rings (SSSR count). The van der Waals surface area contributed by atoms with Gasteiger partial charge in [-0.25, -0.2) is 0 Å². The van der Waals surface area contributed by atoms with Crippen molar-refractivity contribution in [2.24, 2.45) is 0 Å². The van der Waals surface area contributed by atoms with E-state index < -0.39 is 0 Å². The molecule has 0 radical (unpaired) electrons. The second-order valence-corrected chi connectivity index (χ2v) is 4.52. The first-order valence-electron chi connectivity index (χ1n) is 5.32. The average Bonchev–Trinajstić information content (AvgIpc) is 2.49. The largest absolute Gasteiger partial charge is 0.364 e. The van der Waals surface area contributed by atoms with Gasteiger partial charge in [0.2, 0.25) is 0 Å². The van der Waals surface area contributed by atoms with Crippen LogP contribution < -0.4 is 10.7 Å². The van der Waals surface area contributed by atoms with E-state index in [4.69, 9.17) is 0 Å². The summed E-state index contributed by atoms with van der Waals surface area (Å²) in [6, 6.07) is 0.819. The minimum Gasteiger partial charge on any atom is -0.364 e. The summed E-state index contributed by atoms with van der Waals surface area (Å²) in [6.45, 7) is 5.23. The van der Waals surface area contributed by atoms with Crippen LogP contribution >= 0.6 is 0 Å². The first-order valence-corrected chi connectivity index (χ1v) is 5.32. The van der Waals surface area contributed by atoms with E-state index in [0.717, 1.165) is 12.4 Å². The fraction of sp³-hybridized carbons (Fsp3) is 0.700. The van der Waals surface area contributed by atoms with Crippen molar-refractivity contribution < 1.29 is 0 Å². The zero-order valence-corrected chi connectivity index (χ0v) is 9.78. The molecule has 15 heavy (non-hydrogen) atoms. The van der Waals surface area contributed by atoms with Gasteiger partial charge >= 0.3 is 0 Å². The number of hydrogen-bond acceptors (Lipinski definition) is 4. The number of nitrogens with one attached hydrogen (secondary N) is 2. The van der Waals surface area contributed by atoms with E-state index in [-0.39, 0.29) is 0 Å². The van der Waals surface area contributed by atoms with Gasteiger partial charge in [0, 0.05) is 18.2 Å². The summed E-state index contributed by atoms with van der Waals surface area (Å²) in [7, 11) is 4.12. The fourth-order valence-corrected chi connectivity index (χ4v) is 1.74. The highest BCUT2D eigenvalue weighted by Gasteiger charge is 2.23. The van der Waals surface area contributed by atoms with Crippen molar-refractivity contribution in [2.45, 2.75) is 32.5 Å². The highest BCUT2D eigenvalue weighted by Crippen LogP contribution is 2.21. The van der Waals surface area contributed by atoms with Crippen LogP contribution in [0.3, 0.4) is 0 Å². The fourth-order valence-electron chi connectivity index (χ4n) is 1.74. The molecule has 0 saturated heterocycles. The molecular weight excluding hydrogens is 190 g/mol. The van der Waals surface area contributed by atoms with Crippen LogP contribution in [0.15, 0.2) is 6.20 Å². The molecule has 84 valence electrons. The highest BCUT2D eigenvalue weighted by molar-refractivity contribution is 5.47. The molecule has 1 aliphatic heterocycles. The second kappa shape index (κ2) is 3.73. The van der Waals surface area contributed by atoms with Crippen molar-refractivity contribution in [1.29, 1.82) is 0 Å². The number of nitrogens with zero attached hydrogens (tertiary/aromatic N) is 3.